The molecule has 2 rings (SSSR count). The summed E-state index contributed by atoms with van der Waals surface area (Å²) in [6.45, 7) is 2.20. The van der Waals surface area contributed by atoms with E-state index in [0.717, 1.165) is 27.6 Å². The molecule has 1 aromatic carbocycles. The molecule has 0 unspecified atom stereocenters. The van der Waals surface area contributed by atoms with Crippen molar-refractivity contribution in [2.24, 2.45) is 0 Å². The van der Waals surface area contributed by atoms with E-state index in [1.54, 1.807) is 35.6 Å². The van der Waals surface area contributed by atoms with E-state index in [1.165, 1.54) is 24.8 Å². The quantitative estimate of drug-likeness (QED) is 0.351. The largest absolute Gasteiger partial charge is 0.269 e. The van der Waals surface area contributed by atoms with Crippen molar-refractivity contribution in [3.63, 3.8) is 0 Å². The van der Waals surface area contributed by atoms with Gasteiger partial charge in [-0.3, -0.25) is 10.1 Å². The van der Waals surface area contributed by atoms with Gasteiger partial charge >= 0.3 is 0 Å². The van der Waals surface area contributed by atoms with Crippen molar-refractivity contribution in [1.82, 2.24) is 0 Å². The zero-order valence-corrected chi connectivity index (χ0v) is 13.5. The first-order chi connectivity index (χ1) is 10.1. The zero-order chi connectivity index (χ0) is 15.2. The van der Waals surface area contributed by atoms with E-state index in [4.69, 9.17) is 11.6 Å². The Morgan fingerprint density at radius 1 is 1.19 bits per heavy atom. The Hall–Kier alpha value is -1.39. The van der Waals surface area contributed by atoms with Gasteiger partial charge in [0.2, 0.25) is 0 Å². The summed E-state index contributed by atoms with van der Waals surface area (Å²) >= 11 is 7.69. The molecule has 0 amide bonds. The maximum absolute atomic E-state index is 10.7. The van der Waals surface area contributed by atoms with Crippen molar-refractivity contribution in [2.75, 3.05) is 0 Å². The molecule has 0 radical (unpaired) electrons. The highest BCUT2D eigenvalue weighted by Gasteiger charge is 2.12. The maximum atomic E-state index is 10.7. The molecule has 1 heterocycles. The number of nitro groups is 1. The first-order valence-corrected chi connectivity index (χ1v) is 8.34. The van der Waals surface area contributed by atoms with Crippen molar-refractivity contribution in [3.05, 3.63) is 50.3 Å². The molecule has 0 fully saturated rings. The molecule has 0 aliphatic rings. The number of halogens is 1. The lowest BCUT2D eigenvalue weighted by atomic mass is 10.0. The number of unbranched alkanes of at least 4 members (excludes halogenated alkanes) is 3. The lowest BCUT2D eigenvalue weighted by Crippen LogP contribution is -1.89. The van der Waals surface area contributed by atoms with Crippen LogP contribution in [0.1, 0.15) is 38.2 Å². The predicted octanol–water partition coefficient (Wildman–Crippen LogP) is 6.10. The highest BCUT2D eigenvalue weighted by Crippen LogP contribution is 2.37. The Bertz CT molecular complexity index is 607. The maximum Gasteiger partial charge on any atom is 0.269 e. The van der Waals surface area contributed by atoms with Crippen LogP contribution < -0.4 is 0 Å². The number of aryl methyl sites for hydroxylation is 1. The smallest absolute Gasteiger partial charge is 0.258 e. The summed E-state index contributed by atoms with van der Waals surface area (Å²) in [7, 11) is 0. The number of nitro benzene ring substituents is 1. The third-order valence-electron chi connectivity index (χ3n) is 3.42. The fourth-order valence-electron chi connectivity index (χ4n) is 2.30. The summed E-state index contributed by atoms with van der Waals surface area (Å²) < 4.78 is 0.772. The van der Waals surface area contributed by atoms with Crippen molar-refractivity contribution < 1.29 is 4.92 Å². The molecule has 1 aromatic heterocycles. The van der Waals surface area contributed by atoms with Gasteiger partial charge in [0.05, 0.1) is 9.26 Å². The number of hydrogen-bond acceptors (Lipinski definition) is 3. The first kappa shape index (κ1) is 16.0. The number of benzene rings is 1. The second-order valence-corrected chi connectivity index (χ2v) is 6.70. The van der Waals surface area contributed by atoms with E-state index >= 15 is 0 Å². The van der Waals surface area contributed by atoms with E-state index in [1.807, 2.05) is 6.07 Å². The minimum absolute atomic E-state index is 0.117. The monoisotopic (exact) mass is 323 g/mol. The standard InChI is InChI=1S/C16H18ClNO2S/c1-2-3-4-5-6-13-11-15(17)21-16(13)12-7-9-14(10-8-12)18(19)20/h7-11H,2-6H2,1H3. The third kappa shape index (κ3) is 4.29. The molecule has 0 aliphatic heterocycles. The van der Waals surface area contributed by atoms with E-state index in [-0.39, 0.29) is 10.6 Å². The summed E-state index contributed by atoms with van der Waals surface area (Å²) in [5, 5.41) is 10.7. The van der Waals surface area contributed by atoms with Gasteiger partial charge in [-0.15, -0.1) is 11.3 Å². The average Bonchev–Trinajstić information content (AvgIpc) is 2.85. The van der Waals surface area contributed by atoms with Gasteiger partial charge in [0.1, 0.15) is 0 Å². The molecular weight excluding hydrogens is 306 g/mol. The van der Waals surface area contributed by atoms with Crippen molar-refractivity contribution in [3.8, 4) is 10.4 Å². The second kappa shape index (κ2) is 7.57. The summed E-state index contributed by atoms with van der Waals surface area (Å²) in [6.07, 6.45) is 5.87. The number of rotatable bonds is 7. The van der Waals surface area contributed by atoms with Crippen molar-refractivity contribution >= 4 is 28.6 Å². The van der Waals surface area contributed by atoms with Gasteiger partial charge in [0.15, 0.2) is 0 Å². The Balaban J connectivity index is 2.16. The molecule has 3 nitrogen and oxygen atoms in total. The number of thiophene rings is 1. The molecule has 0 bridgehead atoms. The van der Waals surface area contributed by atoms with E-state index < -0.39 is 0 Å². The molecule has 0 spiro atoms. The normalized spacial score (nSPS) is 10.8. The van der Waals surface area contributed by atoms with Gasteiger partial charge in [-0.25, -0.2) is 0 Å². The second-order valence-electron chi connectivity index (χ2n) is 5.02. The van der Waals surface area contributed by atoms with E-state index in [0.29, 0.717) is 0 Å². The van der Waals surface area contributed by atoms with Gasteiger partial charge in [0, 0.05) is 17.0 Å². The fourth-order valence-corrected chi connectivity index (χ4v) is 3.61. The topological polar surface area (TPSA) is 43.1 Å². The van der Waals surface area contributed by atoms with Crippen molar-refractivity contribution in [1.29, 1.82) is 0 Å². The van der Waals surface area contributed by atoms with Crippen LogP contribution in [0.4, 0.5) is 5.69 Å². The molecule has 0 saturated heterocycles. The molecule has 21 heavy (non-hydrogen) atoms. The van der Waals surface area contributed by atoms with Crippen LogP contribution in [-0.2, 0) is 6.42 Å². The van der Waals surface area contributed by atoms with Gasteiger partial charge in [-0.05, 0) is 42.2 Å². The Labute approximate surface area is 133 Å². The van der Waals surface area contributed by atoms with E-state index in [2.05, 4.69) is 6.92 Å². The average molecular weight is 324 g/mol. The molecule has 112 valence electrons. The summed E-state index contributed by atoms with van der Waals surface area (Å²) in [4.78, 5) is 11.5. The van der Waals surface area contributed by atoms with Crippen LogP contribution in [0.25, 0.3) is 10.4 Å². The summed E-state index contributed by atoms with van der Waals surface area (Å²) in [6, 6.07) is 8.72. The number of hydrogen-bond donors (Lipinski definition) is 0. The predicted molar refractivity (Wildman–Crippen MR) is 89.3 cm³/mol. The minimum atomic E-state index is -0.378. The van der Waals surface area contributed by atoms with Crippen LogP contribution in [0.15, 0.2) is 30.3 Å². The SMILES string of the molecule is CCCCCCc1cc(Cl)sc1-c1ccc([N+](=O)[O-])cc1. The van der Waals surface area contributed by atoms with Gasteiger partial charge < -0.3 is 0 Å². The molecule has 0 aliphatic carbocycles. The Morgan fingerprint density at radius 2 is 1.90 bits per heavy atom. The molecule has 0 atom stereocenters. The minimum Gasteiger partial charge on any atom is -0.258 e. The van der Waals surface area contributed by atoms with Crippen LogP contribution >= 0.6 is 22.9 Å². The molecule has 2 aromatic rings. The number of nitrogens with zero attached hydrogens (tertiary/aromatic N) is 1. The molecule has 0 N–H and O–H groups in total. The van der Waals surface area contributed by atoms with Gasteiger partial charge in [-0.2, -0.15) is 0 Å². The summed E-state index contributed by atoms with van der Waals surface area (Å²) in [5.74, 6) is 0. The zero-order valence-electron chi connectivity index (χ0n) is 12.0. The van der Waals surface area contributed by atoms with Crippen molar-refractivity contribution in [2.45, 2.75) is 39.0 Å². The van der Waals surface area contributed by atoms with Crippen LogP contribution in [0.3, 0.4) is 0 Å². The highest BCUT2D eigenvalue weighted by molar-refractivity contribution is 7.19. The van der Waals surface area contributed by atoms with Gasteiger partial charge in [-0.1, -0.05) is 37.8 Å². The molecule has 0 saturated carbocycles. The summed E-state index contributed by atoms with van der Waals surface area (Å²) in [5.41, 5.74) is 2.36. The van der Waals surface area contributed by atoms with Crippen LogP contribution in [-0.4, -0.2) is 4.92 Å². The lowest BCUT2D eigenvalue weighted by molar-refractivity contribution is -0.384. The Morgan fingerprint density at radius 3 is 2.52 bits per heavy atom. The third-order valence-corrected chi connectivity index (χ3v) is 4.77. The van der Waals surface area contributed by atoms with Gasteiger partial charge in [0.25, 0.3) is 5.69 Å². The highest BCUT2D eigenvalue weighted by atomic mass is 35.5. The van der Waals surface area contributed by atoms with Crippen LogP contribution in [0.2, 0.25) is 4.34 Å². The van der Waals surface area contributed by atoms with E-state index in [9.17, 15) is 10.1 Å². The lowest BCUT2D eigenvalue weighted by Gasteiger charge is -2.04. The van der Waals surface area contributed by atoms with Crippen LogP contribution in [0, 0.1) is 10.1 Å². The molecular formula is C16H18ClNO2S. The molecule has 5 heteroatoms. The Kier molecular flexibility index (Phi) is 5.76. The first-order valence-electron chi connectivity index (χ1n) is 7.15. The fraction of sp³-hybridized carbons (Fsp3) is 0.375. The number of non-ortho nitro benzene ring substituents is 1. The van der Waals surface area contributed by atoms with Crippen LogP contribution in [0.5, 0.6) is 0 Å².